The van der Waals surface area contributed by atoms with Gasteiger partial charge in [0.25, 0.3) is 0 Å². The van der Waals surface area contributed by atoms with Crippen molar-refractivity contribution in [1.82, 2.24) is 4.90 Å². The van der Waals surface area contributed by atoms with Crippen molar-refractivity contribution in [2.75, 3.05) is 12.9 Å². The van der Waals surface area contributed by atoms with Gasteiger partial charge in [0, 0.05) is 13.1 Å². The molecule has 0 radical (unpaired) electrons. The van der Waals surface area contributed by atoms with E-state index < -0.39 is 0 Å². The third kappa shape index (κ3) is 2.67. The summed E-state index contributed by atoms with van der Waals surface area (Å²) in [5.74, 6) is 3.28. The normalized spacial score (nSPS) is 50.5. The zero-order valence-electron chi connectivity index (χ0n) is 16.7. The number of aliphatic hydroxyl groups excluding tert-OH is 1. The van der Waals surface area contributed by atoms with Crippen LogP contribution in [0.4, 0.5) is 0 Å². The van der Waals surface area contributed by atoms with Gasteiger partial charge in [-0.25, -0.2) is 0 Å². The van der Waals surface area contributed by atoms with Crippen LogP contribution in [0.1, 0.15) is 71.6 Å². The predicted octanol–water partition coefficient (Wildman–Crippen LogP) is 4.46. The minimum atomic E-state index is -0.0652. The Hall–Kier alpha value is -0.280. The highest BCUT2D eigenvalue weighted by molar-refractivity contribution is 6.27. The average molecular weight is 382 g/mol. The number of fused-ring (bicyclic) bond motifs is 5. The molecule has 1 amide bonds. The molecule has 4 heteroatoms. The minimum Gasteiger partial charge on any atom is -0.393 e. The summed E-state index contributed by atoms with van der Waals surface area (Å²) in [5.41, 5.74) is 0.689. The van der Waals surface area contributed by atoms with Gasteiger partial charge in [-0.1, -0.05) is 13.8 Å². The number of amides is 1. The molecule has 148 valence electrons. The summed E-state index contributed by atoms with van der Waals surface area (Å²) in [6.45, 7) is 5.00. The van der Waals surface area contributed by atoms with Gasteiger partial charge in [-0.3, -0.25) is 4.79 Å². The fraction of sp³-hybridized carbons (Fsp3) is 0.955. The van der Waals surface area contributed by atoms with Gasteiger partial charge in [0.1, 0.15) is 5.88 Å². The van der Waals surface area contributed by atoms with Gasteiger partial charge < -0.3 is 10.0 Å². The lowest BCUT2D eigenvalue weighted by Gasteiger charge is -2.61. The van der Waals surface area contributed by atoms with Gasteiger partial charge in [-0.15, -0.1) is 11.6 Å². The molecule has 4 fully saturated rings. The zero-order chi connectivity index (χ0) is 18.7. The predicted molar refractivity (Wildman–Crippen MR) is 105 cm³/mol. The third-order valence-corrected chi connectivity index (χ3v) is 9.79. The second-order valence-electron chi connectivity index (χ2n) is 10.4. The van der Waals surface area contributed by atoms with Crippen molar-refractivity contribution in [3.8, 4) is 0 Å². The molecule has 0 aromatic carbocycles. The van der Waals surface area contributed by atoms with Crippen LogP contribution in [-0.2, 0) is 4.79 Å². The molecule has 0 aliphatic heterocycles. The first-order valence-corrected chi connectivity index (χ1v) is 11.3. The number of nitrogens with zero attached hydrogens (tertiary/aromatic N) is 1. The quantitative estimate of drug-likeness (QED) is 0.717. The minimum absolute atomic E-state index is 0.0652. The summed E-state index contributed by atoms with van der Waals surface area (Å²) in [5, 5.41) is 10.2. The van der Waals surface area contributed by atoms with Crippen LogP contribution in [0.25, 0.3) is 0 Å². The van der Waals surface area contributed by atoms with E-state index >= 15 is 0 Å². The highest BCUT2D eigenvalue weighted by atomic mass is 35.5. The molecule has 4 aliphatic rings. The van der Waals surface area contributed by atoms with E-state index in [4.69, 9.17) is 11.6 Å². The van der Waals surface area contributed by atoms with Crippen LogP contribution < -0.4 is 0 Å². The van der Waals surface area contributed by atoms with Crippen LogP contribution in [0, 0.1) is 34.5 Å². The largest absolute Gasteiger partial charge is 0.393 e. The summed E-state index contributed by atoms with van der Waals surface area (Å²) >= 11 is 5.85. The standard InChI is InChI=1S/C22H36ClNO2/c1-21-10-8-15(25)12-14(21)4-5-16-17-6-7-19(24(3)20(26)13-23)22(17,2)11-9-18(16)21/h14-19,25H,4-13H2,1-3H3/t14-,15-,16-,17-,18+,19-,21-,22+/m1/s1. The molecule has 0 aromatic rings. The fourth-order valence-corrected chi connectivity index (χ4v) is 8.30. The van der Waals surface area contributed by atoms with Crippen molar-refractivity contribution in [2.45, 2.75) is 83.8 Å². The number of alkyl halides is 1. The molecule has 0 heterocycles. The van der Waals surface area contributed by atoms with E-state index in [0.717, 1.165) is 42.9 Å². The Morgan fingerprint density at radius 2 is 1.73 bits per heavy atom. The molecule has 4 saturated carbocycles. The van der Waals surface area contributed by atoms with Crippen molar-refractivity contribution in [3.05, 3.63) is 0 Å². The molecule has 1 N–H and O–H groups in total. The van der Waals surface area contributed by atoms with Crippen molar-refractivity contribution in [2.24, 2.45) is 34.5 Å². The Kier molecular flexibility index (Phi) is 4.88. The van der Waals surface area contributed by atoms with E-state index in [2.05, 4.69) is 13.8 Å². The summed E-state index contributed by atoms with van der Waals surface area (Å²) in [7, 11) is 1.97. The molecule has 0 bridgehead atoms. The van der Waals surface area contributed by atoms with E-state index in [0.29, 0.717) is 11.5 Å². The van der Waals surface area contributed by atoms with Crippen LogP contribution in [0.15, 0.2) is 0 Å². The van der Waals surface area contributed by atoms with Gasteiger partial charge in [0.05, 0.1) is 6.10 Å². The number of rotatable bonds is 2. The van der Waals surface area contributed by atoms with Gasteiger partial charge >= 0.3 is 0 Å². The lowest BCUT2D eigenvalue weighted by molar-refractivity contribution is -0.140. The molecule has 0 saturated heterocycles. The van der Waals surface area contributed by atoms with Crippen LogP contribution in [-0.4, -0.2) is 41.0 Å². The Labute approximate surface area is 163 Å². The van der Waals surface area contributed by atoms with Crippen molar-refractivity contribution >= 4 is 17.5 Å². The van der Waals surface area contributed by atoms with Gasteiger partial charge in [-0.05, 0) is 92.3 Å². The molecular formula is C22H36ClNO2. The van der Waals surface area contributed by atoms with E-state index in [1.54, 1.807) is 0 Å². The molecule has 3 nitrogen and oxygen atoms in total. The highest BCUT2D eigenvalue weighted by Crippen LogP contribution is 2.66. The highest BCUT2D eigenvalue weighted by Gasteiger charge is 2.60. The zero-order valence-corrected chi connectivity index (χ0v) is 17.5. The van der Waals surface area contributed by atoms with E-state index in [1.807, 2.05) is 11.9 Å². The topological polar surface area (TPSA) is 40.5 Å². The van der Waals surface area contributed by atoms with Crippen LogP contribution >= 0.6 is 11.6 Å². The molecule has 26 heavy (non-hydrogen) atoms. The maximum atomic E-state index is 12.2. The SMILES string of the molecule is CN(C(=O)CCl)[C@@H]1CC[C@@H]2[C@H]3CC[C@@H]4C[C@H](O)CC[C@@]4(C)[C@H]3CC[C@@]21C. The number of halogens is 1. The summed E-state index contributed by atoms with van der Waals surface area (Å²) in [4.78, 5) is 14.2. The summed E-state index contributed by atoms with van der Waals surface area (Å²) in [6, 6.07) is 0.360. The second-order valence-corrected chi connectivity index (χ2v) is 10.6. The molecule has 0 aromatic heterocycles. The Bertz CT molecular complexity index is 568. The fourth-order valence-electron chi connectivity index (χ4n) is 8.11. The first kappa shape index (κ1) is 19.1. The van der Waals surface area contributed by atoms with Crippen molar-refractivity contribution in [3.63, 3.8) is 0 Å². The molecule has 4 rings (SSSR count). The maximum Gasteiger partial charge on any atom is 0.237 e. The van der Waals surface area contributed by atoms with Crippen LogP contribution in [0.3, 0.4) is 0 Å². The van der Waals surface area contributed by atoms with E-state index in [1.165, 1.54) is 38.5 Å². The number of carbonyl (C=O) groups excluding carboxylic acids is 1. The number of hydrogen-bond donors (Lipinski definition) is 1. The number of carbonyl (C=O) groups is 1. The molecule has 8 atom stereocenters. The number of aliphatic hydroxyl groups is 1. The third-order valence-electron chi connectivity index (χ3n) is 9.56. The molecule has 4 aliphatic carbocycles. The molecule has 0 spiro atoms. The van der Waals surface area contributed by atoms with Gasteiger partial charge in [0.2, 0.25) is 5.91 Å². The van der Waals surface area contributed by atoms with E-state index in [-0.39, 0.29) is 23.3 Å². The first-order valence-electron chi connectivity index (χ1n) is 10.8. The first-order chi connectivity index (χ1) is 12.3. The lowest BCUT2D eigenvalue weighted by atomic mass is 9.45. The Morgan fingerprint density at radius 3 is 2.46 bits per heavy atom. The summed E-state index contributed by atoms with van der Waals surface area (Å²) < 4.78 is 0. The van der Waals surface area contributed by atoms with Crippen LogP contribution in [0.5, 0.6) is 0 Å². The molecule has 0 unspecified atom stereocenters. The second kappa shape index (κ2) is 6.65. The van der Waals surface area contributed by atoms with Crippen molar-refractivity contribution in [1.29, 1.82) is 0 Å². The van der Waals surface area contributed by atoms with E-state index in [9.17, 15) is 9.90 Å². The lowest BCUT2D eigenvalue weighted by Crippen LogP contribution is -2.56. The monoisotopic (exact) mass is 381 g/mol. The van der Waals surface area contributed by atoms with Crippen molar-refractivity contribution < 1.29 is 9.90 Å². The average Bonchev–Trinajstić information content (AvgIpc) is 2.98. The summed E-state index contributed by atoms with van der Waals surface area (Å²) in [6.07, 6.45) is 10.7. The maximum absolute atomic E-state index is 12.2. The number of hydrogen-bond acceptors (Lipinski definition) is 2. The van der Waals surface area contributed by atoms with Crippen LogP contribution in [0.2, 0.25) is 0 Å². The van der Waals surface area contributed by atoms with Gasteiger partial charge in [-0.2, -0.15) is 0 Å². The Morgan fingerprint density at radius 1 is 1.04 bits per heavy atom. The Balaban J connectivity index is 1.57. The van der Waals surface area contributed by atoms with Gasteiger partial charge in [0.15, 0.2) is 0 Å². The smallest absolute Gasteiger partial charge is 0.237 e. The molecular weight excluding hydrogens is 346 g/mol.